The predicted octanol–water partition coefficient (Wildman–Crippen LogP) is 20.0. The van der Waals surface area contributed by atoms with E-state index in [9.17, 15) is 0 Å². The Morgan fingerprint density at radius 1 is 0.400 bits per heavy atom. The Kier molecular flexibility index (Phi) is 12.3. The number of anilines is 3. The Morgan fingerprint density at radius 3 is 1.60 bits per heavy atom. The summed E-state index contributed by atoms with van der Waals surface area (Å²) in [6.07, 6.45) is 18.3. The standard InChI is InChI=1S/C69H77N/c1-67(2,3)55-42-54(43-56(44-55)68(4,5)6)48-30-32-57(33-31-48)70(58-34-35-62-61-27-17-18-29-64(61)69(7,8)65(62)45-58)66-37-36-59(60-26-15-16-28-63(60)66)50-25-19-24-49(38-50)53-40-51(46-20-11-9-12-21-46)39-52(41-53)47-22-13-10-14-23-47/h17-19,24-25,27,29-47H,9-16,20-23,26,28H2,1-8H3. The molecule has 1 nitrogen and oxygen atoms in total. The van der Waals surface area contributed by atoms with Crippen molar-refractivity contribution in [1.29, 1.82) is 0 Å². The molecule has 0 radical (unpaired) electrons. The molecule has 7 aromatic rings. The molecule has 358 valence electrons. The third kappa shape index (κ3) is 8.90. The van der Waals surface area contributed by atoms with E-state index in [1.807, 2.05) is 0 Å². The van der Waals surface area contributed by atoms with E-state index in [4.69, 9.17) is 0 Å². The lowest BCUT2D eigenvalue weighted by atomic mass is 9.78. The molecule has 7 aromatic carbocycles. The third-order valence-corrected chi connectivity index (χ3v) is 17.3. The van der Waals surface area contributed by atoms with E-state index >= 15 is 0 Å². The van der Waals surface area contributed by atoms with Crippen LogP contribution in [0.4, 0.5) is 17.1 Å². The summed E-state index contributed by atoms with van der Waals surface area (Å²) < 4.78 is 0. The first-order valence-electron chi connectivity index (χ1n) is 27.4. The maximum absolute atomic E-state index is 2.64. The summed E-state index contributed by atoms with van der Waals surface area (Å²) >= 11 is 0. The minimum atomic E-state index is -0.0955. The van der Waals surface area contributed by atoms with Crippen LogP contribution in [0, 0.1) is 0 Å². The molecular formula is C69H77N. The fraction of sp³-hybridized carbons (Fsp3) is 0.391. The Balaban J connectivity index is 1.02. The van der Waals surface area contributed by atoms with E-state index in [1.54, 1.807) is 11.1 Å². The van der Waals surface area contributed by atoms with Crippen LogP contribution in [0.2, 0.25) is 0 Å². The molecule has 0 amide bonds. The largest absolute Gasteiger partial charge is 0.310 e. The maximum Gasteiger partial charge on any atom is 0.0496 e. The third-order valence-electron chi connectivity index (χ3n) is 17.3. The first-order valence-corrected chi connectivity index (χ1v) is 27.4. The van der Waals surface area contributed by atoms with Crippen molar-refractivity contribution < 1.29 is 0 Å². The molecule has 0 atom stereocenters. The van der Waals surface area contributed by atoms with Crippen molar-refractivity contribution in [2.24, 2.45) is 0 Å². The molecule has 0 saturated heterocycles. The monoisotopic (exact) mass is 920 g/mol. The highest BCUT2D eigenvalue weighted by atomic mass is 15.1. The lowest BCUT2D eigenvalue weighted by Gasteiger charge is -2.33. The topological polar surface area (TPSA) is 3.24 Å². The van der Waals surface area contributed by atoms with Crippen molar-refractivity contribution in [2.45, 2.75) is 173 Å². The molecule has 0 aliphatic heterocycles. The molecule has 0 N–H and O–H groups in total. The quantitative estimate of drug-likeness (QED) is 0.147. The van der Waals surface area contributed by atoms with Crippen LogP contribution < -0.4 is 4.90 Å². The Morgan fingerprint density at radius 2 is 0.957 bits per heavy atom. The van der Waals surface area contributed by atoms with Crippen LogP contribution in [-0.2, 0) is 29.1 Å². The van der Waals surface area contributed by atoms with Crippen LogP contribution >= 0.6 is 0 Å². The van der Waals surface area contributed by atoms with Crippen LogP contribution in [0.25, 0.3) is 44.5 Å². The summed E-state index contributed by atoms with van der Waals surface area (Å²) in [5, 5.41) is 0. The Bertz CT molecular complexity index is 2970. The van der Waals surface area contributed by atoms with Crippen LogP contribution in [0.5, 0.6) is 0 Å². The number of benzene rings is 7. The predicted molar refractivity (Wildman–Crippen MR) is 301 cm³/mol. The first kappa shape index (κ1) is 46.7. The van der Waals surface area contributed by atoms with Gasteiger partial charge in [0.1, 0.15) is 0 Å². The number of fused-ring (bicyclic) bond motifs is 4. The lowest BCUT2D eigenvalue weighted by molar-refractivity contribution is 0.435. The molecule has 4 aliphatic rings. The van der Waals surface area contributed by atoms with Gasteiger partial charge in [-0.2, -0.15) is 0 Å². The molecule has 0 aromatic heterocycles. The van der Waals surface area contributed by atoms with Crippen LogP contribution in [0.3, 0.4) is 0 Å². The second kappa shape index (κ2) is 18.5. The summed E-state index contributed by atoms with van der Waals surface area (Å²) in [7, 11) is 0. The molecule has 2 fully saturated rings. The second-order valence-electron chi connectivity index (χ2n) is 24.5. The zero-order chi connectivity index (χ0) is 48.4. The average molecular weight is 920 g/mol. The molecular weight excluding hydrogens is 843 g/mol. The van der Waals surface area contributed by atoms with Crippen LogP contribution in [0.15, 0.2) is 140 Å². The highest BCUT2D eigenvalue weighted by molar-refractivity contribution is 5.88. The van der Waals surface area contributed by atoms with Crippen LogP contribution in [0.1, 0.15) is 189 Å². The van der Waals surface area contributed by atoms with Crippen molar-refractivity contribution >= 4 is 17.1 Å². The van der Waals surface area contributed by atoms with Gasteiger partial charge in [0.05, 0.1) is 0 Å². The molecule has 1 heteroatoms. The average Bonchev–Trinajstić information content (AvgIpc) is 3.61. The fourth-order valence-corrected chi connectivity index (χ4v) is 13.1. The van der Waals surface area contributed by atoms with E-state index in [1.165, 1.54) is 172 Å². The zero-order valence-corrected chi connectivity index (χ0v) is 43.8. The van der Waals surface area contributed by atoms with Gasteiger partial charge in [-0.05, 0) is 199 Å². The van der Waals surface area contributed by atoms with Crippen molar-refractivity contribution in [2.75, 3.05) is 4.90 Å². The van der Waals surface area contributed by atoms with Gasteiger partial charge in [-0.15, -0.1) is 0 Å². The molecule has 2 saturated carbocycles. The SMILES string of the molecule is CC(C)(C)c1cc(-c2ccc(N(c3ccc4c(c3)C(C)(C)c3ccccc3-4)c3ccc(-c4cccc(-c5cc(C6CCCCC6)cc(C6CCCCC6)c5)c4)c4c3CCCC4)cc2)cc(C(C)(C)C)c1. The highest BCUT2D eigenvalue weighted by Gasteiger charge is 2.36. The van der Waals surface area contributed by atoms with Crippen molar-refractivity contribution in [3.63, 3.8) is 0 Å². The number of nitrogens with zero attached hydrogens (tertiary/aromatic N) is 1. The number of rotatable bonds is 8. The van der Waals surface area contributed by atoms with E-state index in [0.717, 1.165) is 12.8 Å². The molecule has 11 rings (SSSR count). The summed E-state index contributed by atoms with van der Waals surface area (Å²) in [6.45, 7) is 18.8. The van der Waals surface area contributed by atoms with Crippen molar-refractivity contribution in [3.8, 4) is 44.5 Å². The van der Waals surface area contributed by atoms with Gasteiger partial charge in [-0.1, -0.05) is 197 Å². The van der Waals surface area contributed by atoms with Gasteiger partial charge in [0.2, 0.25) is 0 Å². The van der Waals surface area contributed by atoms with Crippen molar-refractivity contribution in [1.82, 2.24) is 0 Å². The normalized spacial score (nSPS) is 17.2. The number of hydrogen-bond acceptors (Lipinski definition) is 1. The Labute approximate surface area is 421 Å². The van der Waals surface area contributed by atoms with Crippen molar-refractivity contribution in [3.05, 3.63) is 184 Å². The lowest BCUT2D eigenvalue weighted by Crippen LogP contribution is -2.18. The number of hydrogen-bond donors (Lipinski definition) is 0. The van der Waals surface area contributed by atoms with Gasteiger partial charge in [0.15, 0.2) is 0 Å². The van der Waals surface area contributed by atoms with E-state index in [-0.39, 0.29) is 16.2 Å². The fourth-order valence-electron chi connectivity index (χ4n) is 13.1. The summed E-state index contributed by atoms with van der Waals surface area (Å²) in [6, 6.07) is 55.6. The van der Waals surface area contributed by atoms with Gasteiger partial charge in [0.25, 0.3) is 0 Å². The van der Waals surface area contributed by atoms with E-state index in [2.05, 4.69) is 200 Å². The summed E-state index contributed by atoms with van der Waals surface area (Å²) in [5.74, 6) is 1.40. The Hall–Kier alpha value is -5.66. The van der Waals surface area contributed by atoms with E-state index in [0.29, 0.717) is 11.8 Å². The molecule has 0 unspecified atom stereocenters. The van der Waals surface area contributed by atoms with Gasteiger partial charge >= 0.3 is 0 Å². The molecule has 70 heavy (non-hydrogen) atoms. The minimum Gasteiger partial charge on any atom is -0.310 e. The maximum atomic E-state index is 2.64. The van der Waals surface area contributed by atoms with E-state index < -0.39 is 0 Å². The zero-order valence-electron chi connectivity index (χ0n) is 43.8. The van der Waals surface area contributed by atoms with Gasteiger partial charge in [-0.3, -0.25) is 0 Å². The minimum absolute atomic E-state index is 0.0536. The van der Waals surface area contributed by atoms with Gasteiger partial charge < -0.3 is 4.90 Å². The molecule has 0 bridgehead atoms. The smallest absolute Gasteiger partial charge is 0.0496 e. The van der Waals surface area contributed by atoms with Gasteiger partial charge in [0, 0.05) is 22.5 Å². The van der Waals surface area contributed by atoms with Gasteiger partial charge in [-0.25, -0.2) is 0 Å². The summed E-state index contributed by atoms with van der Waals surface area (Å²) in [4.78, 5) is 2.60. The molecule has 0 heterocycles. The van der Waals surface area contributed by atoms with Crippen LogP contribution in [-0.4, -0.2) is 0 Å². The second-order valence-corrected chi connectivity index (χ2v) is 24.5. The first-order chi connectivity index (χ1) is 33.7. The summed E-state index contributed by atoms with van der Waals surface area (Å²) in [5.41, 5.74) is 26.4. The highest BCUT2D eigenvalue weighted by Crippen LogP contribution is 2.52. The molecule has 4 aliphatic carbocycles. The molecule has 0 spiro atoms.